The maximum atomic E-state index is 10.2. The van der Waals surface area contributed by atoms with Crippen LogP contribution in [0.1, 0.15) is 30.0 Å². The molecule has 0 amide bonds. The van der Waals surface area contributed by atoms with E-state index < -0.39 is 6.10 Å². The summed E-state index contributed by atoms with van der Waals surface area (Å²) in [5.41, 5.74) is 8.52. The average Bonchev–Trinajstić information content (AvgIpc) is 2.85. The van der Waals surface area contributed by atoms with Crippen LogP contribution in [0.4, 0.5) is 5.82 Å². The van der Waals surface area contributed by atoms with Crippen LogP contribution in [0.2, 0.25) is 0 Å². The van der Waals surface area contributed by atoms with Crippen molar-refractivity contribution >= 4 is 5.82 Å². The Morgan fingerprint density at radius 3 is 2.61 bits per heavy atom. The van der Waals surface area contributed by atoms with E-state index >= 15 is 0 Å². The number of anilines is 1. The smallest absolute Gasteiger partial charge is 0.127 e. The van der Waals surface area contributed by atoms with Crippen molar-refractivity contribution in [1.29, 1.82) is 0 Å². The van der Waals surface area contributed by atoms with Gasteiger partial charge in [-0.05, 0) is 12.5 Å². The quantitative estimate of drug-likeness (QED) is 0.830. The third-order valence-electron chi connectivity index (χ3n) is 3.17. The summed E-state index contributed by atoms with van der Waals surface area (Å²) in [6.07, 6.45) is 2.33. The maximum absolute atomic E-state index is 10.2. The molecule has 0 spiro atoms. The van der Waals surface area contributed by atoms with E-state index in [0.29, 0.717) is 17.8 Å². The van der Waals surface area contributed by atoms with Crippen molar-refractivity contribution in [2.75, 3.05) is 5.73 Å². The summed E-state index contributed by atoms with van der Waals surface area (Å²) < 4.78 is 3.36. The number of hydrogen-bond acceptors (Lipinski definition) is 4. The van der Waals surface area contributed by atoms with Gasteiger partial charge in [0.2, 0.25) is 0 Å². The van der Waals surface area contributed by atoms with Gasteiger partial charge in [-0.1, -0.05) is 6.92 Å². The molecule has 1 unspecified atom stereocenters. The van der Waals surface area contributed by atoms with Crippen molar-refractivity contribution in [2.24, 2.45) is 14.1 Å². The van der Waals surface area contributed by atoms with Crippen molar-refractivity contribution < 1.29 is 5.11 Å². The SMILES string of the molecule is CCc1cc(CC(O)c2cnn(C)c2N)n(C)n1. The topological polar surface area (TPSA) is 81.9 Å². The summed E-state index contributed by atoms with van der Waals surface area (Å²) in [5.74, 6) is 0.500. The number of nitrogens with two attached hydrogens (primary N) is 1. The normalized spacial score (nSPS) is 12.9. The highest BCUT2D eigenvalue weighted by atomic mass is 16.3. The molecular formula is C12H19N5O. The minimum absolute atomic E-state index is 0.486. The third kappa shape index (κ3) is 2.24. The fraction of sp³-hybridized carbons (Fsp3) is 0.500. The van der Waals surface area contributed by atoms with Gasteiger partial charge in [-0.2, -0.15) is 10.2 Å². The number of aliphatic hydroxyl groups excluding tert-OH is 1. The number of aliphatic hydroxyl groups is 1. The van der Waals surface area contributed by atoms with E-state index in [4.69, 9.17) is 5.73 Å². The lowest BCUT2D eigenvalue weighted by Gasteiger charge is -2.10. The van der Waals surface area contributed by atoms with Crippen LogP contribution in [0.5, 0.6) is 0 Å². The highest BCUT2D eigenvalue weighted by molar-refractivity contribution is 5.40. The molecule has 0 saturated carbocycles. The standard InChI is InChI=1S/C12H19N5O/c1-4-8-5-9(16(2)15-8)6-11(18)10-7-14-17(3)12(10)13/h5,7,11,18H,4,6,13H2,1-3H3. The van der Waals surface area contributed by atoms with E-state index in [9.17, 15) is 5.11 Å². The van der Waals surface area contributed by atoms with Crippen LogP contribution >= 0.6 is 0 Å². The zero-order valence-corrected chi connectivity index (χ0v) is 11.0. The minimum Gasteiger partial charge on any atom is -0.388 e. The van der Waals surface area contributed by atoms with Gasteiger partial charge in [-0.25, -0.2) is 0 Å². The first-order chi connectivity index (χ1) is 8.52. The third-order valence-corrected chi connectivity index (χ3v) is 3.17. The number of hydrogen-bond donors (Lipinski definition) is 2. The first-order valence-corrected chi connectivity index (χ1v) is 6.00. The van der Waals surface area contributed by atoms with Gasteiger partial charge in [-0.15, -0.1) is 0 Å². The van der Waals surface area contributed by atoms with E-state index in [1.807, 2.05) is 13.1 Å². The van der Waals surface area contributed by atoms with Crippen LogP contribution in [0, 0.1) is 0 Å². The van der Waals surface area contributed by atoms with Gasteiger partial charge in [0.05, 0.1) is 18.0 Å². The Kier molecular flexibility index (Phi) is 3.38. The minimum atomic E-state index is -0.654. The van der Waals surface area contributed by atoms with Gasteiger partial charge in [-0.3, -0.25) is 9.36 Å². The second-order valence-electron chi connectivity index (χ2n) is 4.43. The summed E-state index contributed by atoms with van der Waals surface area (Å²) in [5, 5.41) is 18.6. The number of nitrogens with zero attached hydrogens (tertiary/aromatic N) is 4. The van der Waals surface area contributed by atoms with Gasteiger partial charge in [0.15, 0.2) is 0 Å². The summed E-state index contributed by atoms with van der Waals surface area (Å²) in [6, 6.07) is 2.01. The number of rotatable bonds is 4. The molecule has 0 bridgehead atoms. The van der Waals surface area contributed by atoms with Crippen LogP contribution < -0.4 is 5.73 Å². The van der Waals surface area contributed by atoms with Gasteiger partial charge < -0.3 is 10.8 Å². The molecule has 2 aromatic heterocycles. The van der Waals surface area contributed by atoms with Gasteiger partial charge >= 0.3 is 0 Å². The Bertz CT molecular complexity index is 543. The van der Waals surface area contributed by atoms with E-state index in [1.54, 1.807) is 22.6 Å². The lowest BCUT2D eigenvalue weighted by atomic mass is 10.1. The molecule has 1 atom stereocenters. The summed E-state index contributed by atoms with van der Waals surface area (Å²) in [4.78, 5) is 0. The molecule has 0 radical (unpaired) electrons. The van der Waals surface area contributed by atoms with Crippen LogP contribution in [0.25, 0.3) is 0 Å². The van der Waals surface area contributed by atoms with E-state index in [1.165, 1.54) is 0 Å². The molecule has 3 N–H and O–H groups in total. The Labute approximate surface area is 106 Å². The molecule has 0 saturated heterocycles. The fourth-order valence-corrected chi connectivity index (χ4v) is 1.96. The first-order valence-electron chi connectivity index (χ1n) is 6.00. The number of nitrogen functional groups attached to an aromatic ring is 1. The van der Waals surface area contributed by atoms with Gasteiger partial charge in [0, 0.05) is 31.8 Å². The Balaban J connectivity index is 2.18. The van der Waals surface area contributed by atoms with Gasteiger partial charge in [0.1, 0.15) is 5.82 Å². The largest absolute Gasteiger partial charge is 0.388 e. The van der Waals surface area contributed by atoms with E-state index in [-0.39, 0.29) is 0 Å². The number of aromatic nitrogens is 4. The Morgan fingerprint density at radius 1 is 1.39 bits per heavy atom. The first kappa shape index (κ1) is 12.6. The molecule has 0 aliphatic rings. The Hall–Kier alpha value is -1.82. The lowest BCUT2D eigenvalue weighted by molar-refractivity contribution is 0.176. The van der Waals surface area contributed by atoms with Crippen molar-refractivity contribution in [3.63, 3.8) is 0 Å². The summed E-state index contributed by atoms with van der Waals surface area (Å²) >= 11 is 0. The molecule has 18 heavy (non-hydrogen) atoms. The van der Waals surface area contributed by atoms with Crippen LogP contribution in [-0.2, 0) is 26.9 Å². The van der Waals surface area contributed by atoms with E-state index in [2.05, 4.69) is 17.1 Å². The molecular weight excluding hydrogens is 230 g/mol. The molecule has 0 aliphatic carbocycles. The predicted octanol–water partition coefficient (Wildman–Crippen LogP) is 0.574. The zero-order chi connectivity index (χ0) is 13.3. The second kappa shape index (κ2) is 4.81. The van der Waals surface area contributed by atoms with Crippen molar-refractivity contribution in [3.05, 3.63) is 29.2 Å². The highest BCUT2D eigenvalue weighted by Crippen LogP contribution is 2.23. The molecule has 0 aliphatic heterocycles. The maximum Gasteiger partial charge on any atom is 0.127 e. The summed E-state index contributed by atoms with van der Waals surface area (Å²) in [7, 11) is 3.64. The van der Waals surface area contributed by atoms with Crippen LogP contribution in [-0.4, -0.2) is 24.7 Å². The zero-order valence-electron chi connectivity index (χ0n) is 11.0. The molecule has 6 nitrogen and oxygen atoms in total. The molecule has 2 aromatic rings. The molecule has 0 aromatic carbocycles. The number of aryl methyl sites for hydroxylation is 3. The van der Waals surface area contributed by atoms with Crippen molar-refractivity contribution in [2.45, 2.75) is 25.9 Å². The summed E-state index contributed by atoms with van der Waals surface area (Å²) in [6.45, 7) is 2.06. The second-order valence-corrected chi connectivity index (χ2v) is 4.43. The average molecular weight is 249 g/mol. The molecule has 98 valence electrons. The van der Waals surface area contributed by atoms with Gasteiger partial charge in [0.25, 0.3) is 0 Å². The molecule has 0 fully saturated rings. The fourth-order valence-electron chi connectivity index (χ4n) is 1.96. The Morgan fingerprint density at radius 2 is 2.11 bits per heavy atom. The van der Waals surface area contributed by atoms with Crippen LogP contribution in [0.3, 0.4) is 0 Å². The predicted molar refractivity (Wildman–Crippen MR) is 68.9 cm³/mol. The molecule has 2 heterocycles. The lowest BCUT2D eigenvalue weighted by Crippen LogP contribution is -2.08. The van der Waals surface area contributed by atoms with Crippen molar-refractivity contribution in [3.8, 4) is 0 Å². The van der Waals surface area contributed by atoms with Crippen LogP contribution in [0.15, 0.2) is 12.3 Å². The van der Waals surface area contributed by atoms with Crippen molar-refractivity contribution in [1.82, 2.24) is 19.6 Å². The monoisotopic (exact) mass is 249 g/mol. The molecule has 6 heteroatoms. The highest BCUT2D eigenvalue weighted by Gasteiger charge is 2.17. The molecule has 2 rings (SSSR count). The van der Waals surface area contributed by atoms with E-state index in [0.717, 1.165) is 17.8 Å².